The standard InChI is InChI=1S/C11H17N3O2S2/c12-10-2-1-9(18(13,15)16)5-11(10)14-6-8-3-4-17-7-8/h1-2,5,8,14H,3-4,6-7,12H2,(H2,13,15,16). The van der Waals surface area contributed by atoms with Crippen LogP contribution in [0.1, 0.15) is 6.42 Å². The molecule has 5 nitrogen and oxygen atoms in total. The zero-order valence-corrected chi connectivity index (χ0v) is 11.6. The number of hydrogen-bond acceptors (Lipinski definition) is 5. The number of anilines is 2. The van der Waals surface area contributed by atoms with Crippen LogP contribution in [0.5, 0.6) is 0 Å². The third-order valence-electron chi connectivity index (χ3n) is 2.96. The quantitative estimate of drug-likeness (QED) is 0.720. The third kappa shape index (κ3) is 3.30. The molecule has 0 bridgehead atoms. The highest BCUT2D eigenvalue weighted by Gasteiger charge is 2.16. The first-order chi connectivity index (χ1) is 8.47. The van der Waals surface area contributed by atoms with E-state index in [1.165, 1.54) is 24.3 Å². The summed E-state index contributed by atoms with van der Waals surface area (Å²) in [5.74, 6) is 2.95. The summed E-state index contributed by atoms with van der Waals surface area (Å²) in [4.78, 5) is 0.0833. The largest absolute Gasteiger partial charge is 0.397 e. The number of rotatable bonds is 4. The molecule has 0 amide bonds. The van der Waals surface area contributed by atoms with E-state index in [0.29, 0.717) is 17.3 Å². The second kappa shape index (κ2) is 5.38. The van der Waals surface area contributed by atoms with E-state index >= 15 is 0 Å². The van der Waals surface area contributed by atoms with Gasteiger partial charge in [0.2, 0.25) is 10.0 Å². The van der Waals surface area contributed by atoms with E-state index < -0.39 is 10.0 Å². The van der Waals surface area contributed by atoms with Gasteiger partial charge < -0.3 is 11.1 Å². The Bertz CT molecular complexity index is 525. The highest BCUT2D eigenvalue weighted by Crippen LogP contribution is 2.26. The van der Waals surface area contributed by atoms with Gasteiger partial charge in [0.1, 0.15) is 0 Å². The first kappa shape index (κ1) is 13.5. The molecule has 7 heteroatoms. The van der Waals surface area contributed by atoms with Crippen LogP contribution in [0.4, 0.5) is 11.4 Å². The van der Waals surface area contributed by atoms with Crippen LogP contribution in [0.25, 0.3) is 0 Å². The van der Waals surface area contributed by atoms with E-state index in [1.54, 1.807) is 6.07 Å². The number of nitrogen functional groups attached to an aromatic ring is 1. The van der Waals surface area contributed by atoms with Crippen molar-refractivity contribution in [1.82, 2.24) is 0 Å². The van der Waals surface area contributed by atoms with Crippen molar-refractivity contribution in [3.05, 3.63) is 18.2 Å². The minimum absolute atomic E-state index is 0.0833. The minimum atomic E-state index is -3.68. The monoisotopic (exact) mass is 287 g/mol. The lowest BCUT2D eigenvalue weighted by atomic mass is 10.1. The van der Waals surface area contributed by atoms with Crippen molar-refractivity contribution in [3.8, 4) is 0 Å². The lowest BCUT2D eigenvalue weighted by Crippen LogP contribution is -2.16. The van der Waals surface area contributed by atoms with Crippen molar-refractivity contribution in [3.63, 3.8) is 0 Å². The molecule has 1 heterocycles. The molecule has 1 atom stereocenters. The maximum absolute atomic E-state index is 11.3. The Labute approximate surface area is 111 Å². The second-order valence-corrected chi connectivity index (χ2v) is 7.12. The van der Waals surface area contributed by atoms with Gasteiger partial charge in [-0.1, -0.05) is 0 Å². The molecule has 1 fully saturated rings. The normalized spacial score (nSPS) is 19.9. The fraction of sp³-hybridized carbons (Fsp3) is 0.455. The molecule has 1 aromatic carbocycles. The van der Waals surface area contributed by atoms with Crippen molar-refractivity contribution >= 4 is 33.2 Å². The summed E-state index contributed by atoms with van der Waals surface area (Å²) in [5.41, 5.74) is 6.99. The number of thioether (sulfide) groups is 1. The highest BCUT2D eigenvalue weighted by atomic mass is 32.2. The van der Waals surface area contributed by atoms with Gasteiger partial charge in [-0.25, -0.2) is 13.6 Å². The Morgan fingerprint density at radius 2 is 2.22 bits per heavy atom. The Balaban J connectivity index is 2.11. The first-order valence-electron chi connectivity index (χ1n) is 5.71. The van der Waals surface area contributed by atoms with Crippen LogP contribution >= 0.6 is 11.8 Å². The lowest BCUT2D eigenvalue weighted by Gasteiger charge is -2.14. The first-order valence-corrected chi connectivity index (χ1v) is 8.41. The molecule has 0 aliphatic carbocycles. The van der Waals surface area contributed by atoms with E-state index in [4.69, 9.17) is 10.9 Å². The molecular weight excluding hydrogens is 270 g/mol. The Hall–Kier alpha value is -0.920. The van der Waals surface area contributed by atoms with Crippen molar-refractivity contribution < 1.29 is 8.42 Å². The van der Waals surface area contributed by atoms with E-state index in [0.717, 1.165) is 12.3 Å². The molecule has 1 saturated heterocycles. The SMILES string of the molecule is Nc1ccc(S(N)(=O)=O)cc1NCC1CCSC1. The van der Waals surface area contributed by atoms with Crippen LogP contribution in [0.2, 0.25) is 0 Å². The van der Waals surface area contributed by atoms with E-state index in [-0.39, 0.29) is 4.90 Å². The zero-order valence-electron chi connectivity index (χ0n) is 9.93. The van der Waals surface area contributed by atoms with Gasteiger partial charge >= 0.3 is 0 Å². The Morgan fingerprint density at radius 3 is 2.83 bits per heavy atom. The van der Waals surface area contributed by atoms with Crippen LogP contribution in [0.15, 0.2) is 23.1 Å². The summed E-state index contributed by atoms with van der Waals surface area (Å²) in [6, 6.07) is 4.47. The van der Waals surface area contributed by atoms with Crippen LogP contribution < -0.4 is 16.2 Å². The van der Waals surface area contributed by atoms with Gasteiger partial charge in [-0.3, -0.25) is 0 Å². The number of benzene rings is 1. The average molecular weight is 287 g/mol. The molecule has 0 radical (unpaired) electrons. The fourth-order valence-corrected chi connectivity index (χ4v) is 3.69. The second-order valence-electron chi connectivity index (χ2n) is 4.40. The molecule has 1 aromatic rings. The predicted molar refractivity (Wildman–Crippen MR) is 76.1 cm³/mol. The topological polar surface area (TPSA) is 98.2 Å². The van der Waals surface area contributed by atoms with Crippen LogP contribution in [0, 0.1) is 5.92 Å². The number of nitrogens with one attached hydrogen (secondary N) is 1. The summed E-state index contributed by atoms with van der Waals surface area (Å²) in [6.45, 7) is 0.811. The van der Waals surface area contributed by atoms with Crippen molar-refractivity contribution in [2.75, 3.05) is 29.1 Å². The number of nitrogens with two attached hydrogens (primary N) is 2. The maximum atomic E-state index is 11.3. The van der Waals surface area contributed by atoms with Gasteiger partial charge in [-0.15, -0.1) is 0 Å². The summed E-state index contributed by atoms with van der Waals surface area (Å²) >= 11 is 1.94. The van der Waals surface area contributed by atoms with Crippen LogP contribution in [0.3, 0.4) is 0 Å². The van der Waals surface area contributed by atoms with Crippen molar-refractivity contribution in [1.29, 1.82) is 0 Å². The average Bonchev–Trinajstić information content (AvgIpc) is 2.79. The molecule has 0 spiro atoms. The van der Waals surface area contributed by atoms with Gasteiger partial charge in [0, 0.05) is 6.54 Å². The summed E-state index contributed by atoms with van der Waals surface area (Å²) in [7, 11) is -3.68. The summed E-state index contributed by atoms with van der Waals surface area (Å²) in [5, 5.41) is 8.30. The van der Waals surface area contributed by atoms with Crippen molar-refractivity contribution in [2.24, 2.45) is 11.1 Å². The molecule has 1 unspecified atom stereocenters. The molecule has 0 saturated carbocycles. The molecule has 100 valence electrons. The molecule has 1 aliphatic rings. The fourth-order valence-electron chi connectivity index (χ4n) is 1.86. The van der Waals surface area contributed by atoms with Gasteiger partial charge in [0.15, 0.2) is 0 Å². The Kier molecular flexibility index (Phi) is 4.04. The molecule has 0 aromatic heterocycles. The van der Waals surface area contributed by atoms with E-state index in [2.05, 4.69) is 5.32 Å². The van der Waals surface area contributed by atoms with Crippen molar-refractivity contribution in [2.45, 2.75) is 11.3 Å². The molecule has 5 N–H and O–H groups in total. The smallest absolute Gasteiger partial charge is 0.238 e. The highest BCUT2D eigenvalue weighted by molar-refractivity contribution is 7.99. The predicted octanol–water partition coefficient (Wildman–Crippen LogP) is 1.08. The molecule has 2 rings (SSSR count). The summed E-state index contributed by atoms with van der Waals surface area (Å²) in [6.07, 6.45) is 1.19. The minimum Gasteiger partial charge on any atom is -0.397 e. The number of hydrogen-bond donors (Lipinski definition) is 3. The van der Waals surface area contributed by atoms with E-state index in [1.807, 2.05) is 11.8 Å². The van der Waals surface area contributed by atoms with Crippen LogP contribution in [-0.2, 0) is 10.0 Å². The lowest BCUT2D eigenvalue weighted by molar-refractivity contribution is 0.598. The zero-order chi connectivity index (χ0) is 13.2. The molecular formula is C11H17N3O2S2. The van der Waals surface area contributed by atoms with E-state index in [9.17, 15) is 8.42 Å². The van der Waals surface area contributed by atoms with Crippen LogP contribution in [-0.4, -0.2) is 26.5 Å². The molecule has 18 heavy (non-hydrogen) atoms. The number of primary sulfonamides is 1. The van der Waals surface area contributed by atoms with Gasteiger partial charge in [-0.2, -0.15) is 11.8 Å². The summed E-state index contributed by atoms with van der Waals surface area (Å²) < 4.78 is 22.5. The number of sulfonamides is 1. The van der Waals surface area contributed by atoms with Gasteiger partial charge in [-0.05, 0) is 42.0 Å². The third-order valence-corrected chi connectivity index (χ3v) is 5.10. The van der Waals surface area contributed by atoms with Gasteiger partial charge in [0.05, 0.1) is 16.3 Å². The molecule has 1 aliphatic heterocycles. The Morgan fingerprint density at radius 1 is 1.44 bits per heavy atom. The maximum Gasteiger partial charge on any atom is 0.238 e. The van der Waals surface area contributed by atoms with Gasteiger partial charge in [0.25, 0.3) is 0 Å².